The molecule has 2 rings (SSSR count). The van der Waals surface area contributed by atoms with E-state index in [1.165, 1.54) is 44.2 Å². The normalized spacial score (nSPS) is 10.2. The average molecular weight is 360 g/mol. The summed E-state index contributed by atoms with van der Waals surface area (Å²) in [5.74, 6) is -0.0143. The third kappa shape index (κ3) is 4.72. The van der Waals surface area contributed by atoms with Gasteiger partial charge in [0.25, 0.3) is 5.91 Å². The third-order valence-corrected chi connectivity index (χ3v) is 3.76. The first-order chi connectivity index (χ1) is 12.5. The Hall–Kier alpha value is -3.09. The standard InChI is InChI=1S/C19H21FN2O4/c1-13(23)22(17-12-16(25-2)7-8-18(17)26-3)10-9-21-19(24)14-5-4-6-15(20)11-14/h4-8,11-12H,9-10H2,1-3H3,(H,21,24). The van der Waals surface area contributed by atoms with Gasteiger partial charge < -0.3 is 19.7 Å². The number of amides is 2. The number of methoxy groups -OCH3 is 2. The van der Waals surface area contributed by atoms with Crippen molar-refractivity contribution in [1.82, 2.24) is 5.32 Å². The molecule has 2 aromatic rings. The van der Waals surface area contributed by atoms with E-state index < -0.39 is 11.7 Å². The predicted molar refractivity (Wildman–Crippen MR) is 96.3 cm³/mol. The van der Waals surface area contributed by atoms with Gasteiger partial charge in [-0.2, -0.15) is 0 Å². The Kier molecular flexibility index (Phi) is 6.54. The van der Waals surface area contributed by atoms with Crippen LogP contribution in [0, 0.1) is 5.82 Å². The fourth-order valence-electron chi connectivity index (χ4n) is 2.47. The number of ether oxygens (including phenoxy) is 2. The molecule has 0 unspecified atom stereocenters. The summed E-state index contributed by atoms with van der Waals surface area (Å²) in [5.41, 5.74) is 0.762. The predicted octanol–water partition coefficient (Wildman–Crippen LogP) is 2.63. The summed E-state index contributed by atoms with van der Waals surface area (Å²) in [6.07, 6.45) is 0. The monoisotopic (exact) mass is 360 g/mol. The lowest BCUT2D eigenvalue weighted by Crippen LogP contribution is -2.37. The zero-order valence-corrected chi connectivity index (χ0v) is 14.9. The number of benzene rings is 2. The first-order valence-corrected chi connectivity index (χ1v) is 8.00. The quantitative estimate of drug-likeness (QED) is 0.824. The van der Waals surface area contributed by atoms with Crippen LogP contribution in [-0.4, -0.2) is 39.1 Å². The Balaban J connectivity index is 2.10. The van der Waals surface area contributed by atoms with Crippen LogP contribution in [0.15, 0.2) is 42.5 Å². The highest BCUT2D eigenvalue weighted by atomic mass is 19.1. The molecule has 6 nitrogen and oxygen atoms in total. The molecule has 26 heavy (non-hydrogen) atoms. The molecule has 0 aliphatic carbocycles. The molecule has 0 bridgehead atoms. The number of nitrogens with zero attached hydrogens (tertiary/aromatic N) is 1. The molecule has 0 aliphatic rings. The van der Waals surface area contributed by atoms with Gasteiger partial charge in [0.05, 0.1) is 19.9 Å². The first kappa shape index (κ1) is 19.2. The molecule has 0 heterocycles. The summed E-state index contributed by atoms with van der Waals surface area (Å²) in [7, 11) is 3.04. The molecular formula is C19H21FN2O4. The smallest absolute Gasteiger partial charge is 0.251 e. The number of nitrogens with one attached hydrogen (secondary N) is 1. The Morgan fingerprint density at radius 3 is 2.50 bits per heavy atom. The molecule has 1 N–H and O–H groups in total. The van der Waals surface area contributed by atoms with Crippen molar-refractivity contribution in [3.63, 3.8) is 0 Å². The minimum Gasteiger partial charge on any atom is -0.497 e. The van der Waals surface area contributed by atoms with Gasteiger partial charge in [-0.1, -0.05) is 6.07 Å². The minimum absolute atomic E-state index is 0.190. The summed E-state index contributed by atoms with van der Waals surface area (Å²) in [6, 6.07) is 10.5. The Bertz CT molecular complexity index is 795. The van der Waals surface area contributed by atoms with Gasteiger partial charge in [0.1, 0.15) is 17.3 Å². The van der Waals surface area contributed by atoms with Gasteiger partial charge in [-0.3, -0.25) is 9.59 Å². The summed E-state index contributed by atoms with van der Waals surface area (Å²) in [4.78, 5) is 25.6. The Labute approximate surface area is 151 Å². The van der Waals surface area contributed by atoms with Crippen LogP contribution < -0.4 is 19.7 Å². The van der Waals surface area contributed by atoms with Gasteiger partial charge in [-0.05, 0) is 30.3 Å². The second-order valence-electron chi connectivity index (χ2n) is 5.47. The fraction of sp³-hybridized carbons (Fsp3) is 0.263. The van der Waals surface area contributed by atoms with Gasteiger partial charge in [0, 0.05) is 31.6 Å². The number of halogens is 1. The molecule has 0 atom stereocenters. The second kappa shape index (κ2) is 8.84. The van der Waals surface area contributed by atoms with Crippen LogP contribution in [0.1, 0.15) is 17.3 Å². The van der Waals surface area contributed by atoms with Crippen molar-refractivity contribution in [2.75, 3.05) is 32.2 Å². The molecule has 0 saturated carbocycles. The maximum Gasteiger partial charge on any atom is 0.251 e. The summed E-state index contributed by atoms with van der Waals surface area (Å²) in [6.45, 7) is 1.84. The SMILES string of the molecule is COc1ccc(OC)c(N(CCNC(=O)c2cccc(F)c2)C(C)=O)c1. The number of hydrogen-bond donors (Lipinski definition) is 1. The van der Waals surface area contributed by atoms with Crippen LogP contribution in [0.25, 0.3) is 0 Å². The van der Waals surface area contributed by atoms with Crippen molar-refractivity contribution >= 4 is 17.5 Å². The fourth-order valence-corrected chi connectivity index (χ4v) is 2.47. The number of hydrogen-bond acceptors (Lipinski definition) is 4. The van der Waals surface area contributed by atoms with Crippen LogP contribution >= 0.6 is 0 Å². The van der Waals surface area contributed by atoms with Crippen molar-refractivity contribution in [3.8, 4) is 11.5 Å². The average Bonchev–Trinajstić information content (AvgIpc) is 2.64. The van der Waals surface area contributed by atoms with E-state index in [4.69, 9.17) is 9.47 Å². The van der Waals surface area contributed by atoms with E-state index in [9.17, 15) is 14.0 Å². The third-order valence-electron chi connectivity index (χ3n) is 3.76. The summed E-state index contributed by atoms with van der Waals surface area (Å²) in [5, 5.41) is 2.68. The van der Waals surface area contributed by atoms with Crippen molar-refractivity contribution in [2.24, 2.45) is 0 Å². The number of rotatable bonds is 7. The van der Waals surface area contributed by atoms with Gasteiger partial charge >= 0.3 is 0 Å². The van der Waals surface area contributed by atoms with Crippen molar-refractivity contribution in [2.45, 2.75) is 6.92 Å². The van der Waals surface area contributed by atoms with Crippen molar-refractivity contribution in [3.05, 3.63) is 53.8 Å². The molecule has 0 aliphatic heterocycles. The van der Waals surface area contributed by atoms with Gasteiger partial charge in [0.2, 0.25) is 5.91 Å². The largest absolute Gasteiger partial charge is 0.497 e. The lowest BCUT2D eigenvalue weighted by atomic mass is 10.2. The number of carbonyl (C=O) groups excluding carboxylic acids is 2. The maximum atomic E-state index is 13.2. The molecule has 2 amide bonds. The molecule has 0 spiro atoms. The van der Waals surface area contributed by atoms with E-state index in [0.717, 1.165) is 6.07 Å². The van der Waals surface area contributed by atoms with Crippen molar-refractivity contribution < 1.29 is 23.5 Å². The van der Waals surface area contributed by atoms with Crippen LogP contribution in [0.3, 0.4) is 0 Å². The molecule has 0 fully saturated rings. The van der Waals surface area contributed by atoms with E-state index in [-0.39, 0.29) is 24.6 Å². The summed E-state index contributed by atoms with van der Waals surface area (Å²) < 4.78 is 23.7. The minimum atomic E-state index is -0.482. The van der Waals surface area contributed by atoms with E-state index in [2.05, 4.69) is 5.32 Å². The first-order valence-electron chi connectivity index (χ1n) is 8.00. The van der Waals surface area contributed by atoms with Crippen LogP contribution in [0.2, 0.25) is 0 Å². The van der Waals surface area contributed by atoms with Crippen LogP contribution in [0.5, 0.6) is 11.5 Å². The molecule has 0 radical (unpaired) electrons. The molecule has 0 aromatic heterocycles. The lowest BCUT2D eigenvalue weighted by Gasteiger charge is -2.24. The lowest BCUT2D eigenvalue weighted by molar-refractivity contribution is -0.116. The molecule has 0 saturated heterocycles. The van der Waals surface area contributed by atoms with Gasteiger partial charge in [0.15, 0.2) is 0 Å². The molecule has 2 aromatic carbocycles. The highest BCUT2D eigenvalue weighted by Gasteiger charge is 2.17. The maximum absolute atomic E-state index is 13.2. The van der Waals surface area contributed by atoms with E-state index in [1.54, 1.807) is 18.2 Å². The highest BCUT2D eigenvalue weighted by Crippen LogP contribution is 2.32. The molecule has 7 heteroatoms. The second-order valence-corrected chi connectivity index (χ2v) is 5.47. The van der Waals surface area contributed by atoms with Gasteiger partial charge in [-0.15, -0.1) is 0 Å². The molecule has 138 valence electrons. The van der Waals surface area contributed by atoms with Gasteiger partial charge in [-0.25, -0.2) is 4.39 Å². The zero-order valence-electron chi connectivity index (χ0n) is 14.9. The van der Waals surface area contributed by atoms with Crippen LogP contribution in [0.4, 0.5) is 10.1 Å². The van der Waals surface area contributed by atoms with E-state index >= 15 is 0 Å². The number of carbonyl (C=O) groups is 2. The summed E-state index contributed by atoms with van der Waals surface area (Å²) >= 11 is 0. The Morgan fingerprint density at radius 1 is 1.12 bits per heavy atom. The van der Waals surface area contributed by atoms with Crippen molar-refractivity contribution in [1.29, 1.82) is 0 Å². The molecular weight excluding hydrogens is 339 g/mol. The Morgan fingerprint density at radius 2 is 1.88 bits per heavy atom. The number of anilines is 1. The topological polar surface area (TPSA) is 67.9 Å². The highest BCUT2D eigenvalue weighted by molar-refractivity contribution is 5.95. The van der Waals surface area contributed by atoms with Crippen LogP contribution in [-0.2, 0) is 4.79 Å². The van der Waals surface area contributed by atoms with E-state index in [0.29, 0.717) is 17.2 Å². The zero-order chi connectivity index (χ0) is 19.1. The van der Waals surface area contributed by atoms with E-state index in [1.807, 2.05) is 0 Å².